The van der Waals surface area contributed by atoms with Gasteiger partial charge in [0.15, 0.2) is 0 Å². The quantitative estimate of drug-likeness (QED) is 0.885. The van der Waals surface area contributed by atoms with Crippen molar-refractivity contribution in [1.82, 2.24) is 9.55 Å². The van der Waals surface area contributed by atoms with Crippen molar-refractivity contribution < 1.29 is 23.1 Å². The van der Waals surface area contributed by atoms with Crippen molar-refractivity contribution >= 4 is 11.9 Å². The maximum absolute atomic E-state index is 11.9. The van der Waals surface area contributed by atoms with Crippen LogP contribution in [0, 0.1) is 0 Å². The lowest BCUT2D eigenvalue weighted by atomic mass is 10.1. The van der Waals surface area contributed by atoms with Gasteiger partial charge in [0.05, 0.1) is 0 Å². The van der Waals surface area contributed by atoms with Gasteiger partial charge in [-0.05, 0) is 18.4 Å². The molecule has 2 rings (SSSR count). The smallest absolute Gasteiger partial charge is 0.475 e. The van der Waals surface area contributed by atoms with Crippen LogP contribution >= 0.6 is 0 Å². The van der Waals surface area contributed by atoms with Gasteiger partial charge >= 0.3 is 12.1 Å². The van der Waals surface area contributed by atoms with Gasteiger partial charge in [0, 0.05) is 18.8 Å². The second-order valence-electron chi connectivity index (χ2n) is 4.79. The van der Waals surface area contributed by atoms with E-state index in [1.165, 1.54) is 10.1 Å². The van der Waals surface area contributed by atoms with Gasteiger partial charge in [-0.15, -0.1) is 0 Å². The van der Waals surface area contributed by atoms with Crippen molar-refractivity contribution in [2.75, 3.05) is 5.73 Å². The van der Waals surface area contributed by atoms with Crippen LogP contribution in [0.5, 0.6) is 0 Å². The molecule has 6 nitrogen and oxygen atoms in total. The Balaban J connectivity index is 0.000000351. The Kier molecular flexibility index (Phi) is 6.51. The number of hydrogen-bond acceptors (Lipinski definition) is 4. The summed E-state index contributed by atoms with van der Waals surface area (Å²) in [5, 5.41) is 7.12. The fourth-order valence-electron chi connectivity index (χ4n) is 1.70. The van der Waals surface area contributed by atoms with Gasteiger partial charge in [0.25, 0.3) is 5.56 Å². The monoisotopic (exact) mass is 343 g/mol. The molecular formula is C15H16F3N3O3. The molecule has 0 spiro atoms. The zero-order valence-electron chi connectivity index (χ0n) is 12.7. The van der Waals surface area contributed by atoms with Gasteiger partial charge in [-0.3, -0.25) is 9.36 Å². The molecule has 0 saturated carbocycles. The summed E-state index contributed by atoms with van der Waals surface area (Å²) < 4.78 is 33.1. The highest BCUT2D eigenvalue weighted by Gasteiger charge is 2.38. The Bertz CT molecular complexity index is 743. The fraction of sp³-hybridized carbons (Fsp3) is 0.267. The van der Waals surface area contributed by atoms with E-state index in [0.29, 0.717) is 12.0 Å². The molecule has 1 aromatic heterocycles. The Morgan fingerprint density at radius 3 is 2.29 bits per heavy atom. The Labute approximate surface area is 135 Å². The molecule has 3 N–H and O–H groups in total. The molecule has 0 amide bonds. The number of aryl methyl sites for hydroxylation is 2. The molecule has 0 unspecified atom stereocenters. The van der Waals surface area contributed by atoms with Crippen LogP contribution in [0.15, 0.2) is 41.3 Å². The first-order valence-electron chi connectivity index (χ1n) is 6.77. The molecule has 1 heterocycles. The lowest BCUT2D eigenvalue weighted by molar-refractivity contribution is -0.192. The predicted octanol–water partition coefficient (Wildman–Crippen LogP) is 1.78. The van der Waals surface area contributed by atoms with Crippen molar-refractivity contribution in [2.24, 2.45) is 7.05 Å². The molecule has 0 aliphatic heterocycles. The number of anilines is 1. The van der Waals surface area contributed by atoms with Gasteiger partial charge < -0.3 is 10.8 Å². The second-order valence-corrected chi connectivity index (χ2v) is 4.79. The maximum Gasteiger partial charge on any atom is 0.490 e. The lowest BCUT2D eigenvalue weighted by Gasteiger charge is -2.05. The van der Waals surface area contributed by atoms with Crippen LogP contribution in [0.1, 0.15) is 11.1 Å². The van der Waals surface area contributed by atoms with Crippen molar-refractivity contribution in [3.63, 3.8) is 0 Å². The van der Waals surface area contributed by atoms with Crippen LogP contribution in [-0.2, 0) is 24.7 Å². The number of nitrogens with two attached hydrogens (primary N) is 1. The topological polar surface area (TPSA) is 98.2 Å². The third kappa shape index (κ3) is 5.75. The minimum absolute atomic E-state index is 0.0616. The number of carboxylic acid groups (broad SMARTS) is 1. The first-order valence-corrected chi connectivity index (χ1v) is 6.77. The van der Waals surface area contributed by atoms with Crippen molar-refractivity contribution in [2.45, 2.75) is 19.0 Å². The number of aromatic nitrogens is 2. The fourth-order valence-corrected chi connectivity index (χ4v) is 1.70. The average molecular weight is 343 g/mol. The third-order valence-corrected chi connectivity index (χ3v) is 3.04. The molecule has 1 aromatic carbocycles. The minimum atomic E-state index is -5.08. The molecule has 9 heteroatoms. The van der Waals surface area contributed by atoms with Gasteiger partial charge in [-0.25, -0.2) is 9.78 Å². The lowest BCUT2D eigenvalue weighted by Crippen LogP contribution is -2.24. The van der Waals surface area contributed by atoms with E-state index in [0.717, 1.165) is 6.42 Å². The summed E-state index contributed by atoms with van der Waals surface area (Å²) in [6.45, 7) is 0. The van der Waals surface area contributed by atoms with Crippen molar-refractivity contribution in [3.05, 3.63) is 58.0 Å². The van der Waals surface area contributed by atoms with Crippen molar-refractivity contribution in [1.29, 1.82) is 0 Å². The number of benzene rings is 1. The summed E-state index contributed by atoms with van der Waals surface area (Å²) in [7, 11) is 1.64. The van der Waals surface area contributed by atoms with E-state index in [4.69, 9.17) is 15.6 Å². The zero-order chi connectivity index (χ0) is 18.3. The van der Waals surface area contributed by atoms with Gasteiger partial charge in [0.1, 0.15) is 0 Å². The standard InChI is InChI=1S/C13H15N3O.C2HF3O2/c1-16-12(17)11(9-15-13(16)14)8-7-10-5-3-2-4-6-10;3-2(4,5)1(6)7/h2-6,9H,7-8H2,1H3,(H2,14,15);(H,6,7). The molecule has 0 saturated heterocycles. The SMILES string of the molecule is Cn1c(N)ncc(CCc2ccccc2)c1=O.O=C(O)C(F)(F)F. The number of aliphatic carboxylic acids is 1. The zero-order valence-corrected chi connectivity index (χ0v) is 12.7. The summed E-state index contributed by atoms with van der Waals surface area (Å²) in [5.74, 6) is -2.51. The molecule has 130 valence electrons. The minimum Gasteiger partial charge on any atom is -0.475 e. The first kappa shape index (κ1) is 19.2. The number of hydrogen-bond donors (Lipinski definition) is 2. The number of halogens is 3. The van der Waals surface area contributed by atoms with Gasteiger partial charge in [-0.2, -0.15) is 13.2 Å². The molecule has 24 heavy (non-hydrogen) atoms. The number of carboxylic acids is 1. The van der Waals surface area contributed by atoms with Crippen LogP contribution in [-0.4, -0.2) is 26.8 Å². The van der Waals surface area contributed by atoms with Crippen LogP contribution in [0.3, 0.4) is 0 Å². The molecule has 0 aliphatic rings. The first-order chi connectivity index (χ1) is 11.1. The van der Waals surface area contributed by atoms with Crippen LogP contribution < -0.4 is 11.3 Å². The van der Waals surface area contributed by atoms with E-state index < -0.39 is 12.1 Å². The number of nitrogens with zero attached hydrogens (tertiary/aromatic N) is 2. The predicted molar refractivity (Wildman–Crippen MR) is 81.4 cm³/mol. The van der Waals surface area contributed by atoms with Gasteiger partial charge in [0.2, 0.25) is 5.95 Å². The number of carbonyl (C=O) groups is 1. The van der Waals surface area contributed by atoms with E-state index in [9.17, 15) is 18.0 Å². The highest BCUT2D eigenvalue weighted by molar-refractivity contribution is 5.73. The van der Waals surface area contributed by atoms with E-state index >= 15 is 0 Å². The summed E-state index contributed by atoms with van der Waals surface area (Å²) in [6, 6.07) is 10.1. The molecule has 2 aromatic rings. The summed E-state index contributed by atoms with van der Waals surface area (Å²) >= 11 is 0. The van der Waals surface area contributed by atoms with Gasteiger partial charge in [-0.1, -0.05) is 30.3 Å². The average Bonchev–Trinajstić information content (AvgIpc) is 2.53. The van der Waals surface area contributed by atoms with Crippen LogP contribution in [0.25, 0.3) is 0 Å². The summed E-state index contributed by atoms with van der Waals surface area (Å²) in [4.78, 5) is 24.7. The molecule has 0 bridgehead atoms. The normalized spacial score (nSPS) is 10.7. The molecular weight excluding hydrogens is 327 g/mol. The molecule has 0 aliphatic carbocycles. The molecule has 0 fully saturated rings. The van der Waals surface area contributed by atoms with Crippen LogP contribution in [0.2, 0.25) is 0 Å². The number of nitrogen functional groups attached to an aromatic ring is 1. The second kappa shape index (κ2) is 8.14. The van der Waals surface area contributed by atoms with E-state index in [1.807, 2.05) is 18.2 Å². The highest BCUT2D eigenvalue weighted by atomic mass is 19.4. The summed E-state index contributed by atoms with van der Waals surface area (Å²) in [5.41, 5.74) is 7.40. The number of alkyl halides is 3. The maximum atomic E-state index is 11.9. The van der Waals surface area contributed by atoms with Crippen molar-refractivity contribution in [3.8, 4) is 0 Å². The molecule has 0 radical (unpaired) electrons. The third-order valence-electron chi connectivity index (χ3n) is 3.04. The summed E-state index contributed by atoms with van der Waals surface area (Å²) in [6.07, 6.45) is -1.99. The molecule has 0 atom stereocenters. The number of rotatable bonds is 3. The van der Waals surface area contributed by atoms with E-state index in [1.54, 1.807) is 13.2 Å². The van der Waals surface area contributed by atoms with E-state index in [-0.39, 0.29) is 11.5 Å². The Hall–Kier alpha value is -2.84. The Morgan fingerprint density at radius 1 is 1.25 bits per heavy atom. The highest BCUT2D eigenvalue weighted by Crippen LogP contribution is 2.13. The van der Waals surface area contributed by atoms with E-state index in [2.05, 4.69) is 17.1 Å². The Morgan fingerprint density at radius 2 is 1.79 bits per heavy atom. The van der Waals surface area contributed by atoms with Crippen LogP contribution in [0.4, 0.5) is 19.1 Å². The largest absolute Gasteiger partial charge is 0.490 e.